The Morgan fingerprint density at radius 3 is 2.29 bits per heavy atom. The highest BCUT2D eigenvalue weighted by Crippen LogP contribution is 2.48. The van der Waals surface area contributed by atoms with E-state index in [1.54, 1.807) is 0 Å². The van der Waals surface area contributed by atoms with Gasteiger partial charge < -0.3 is 0 Å². The van der Waals surface area contributed by atoms with Gasteiger partial charge in [-0.3, -0.25) is 4.79 Å². The topological polar surface area (TPSA) is 17.1 Å². The molecule has 0 spiro atoms. The maximum absolute atomic E-state index is 12.5. The predicted octanol–water partition coefficient (Wildman–Crippen LogP) is 5.35. The summed E-state index contributed by atoms with van der Waals surface area (Å²) in [5.74, 6) is 0.122. The van der Waals surface area contributed by atoms with Gasteiger partial charge in [0, 0.05) is 11.0 Å². The molecule has 0 atom stereocenters. The molecule has 2 aromatic carbocycles. The van der Waals surface area contributed by atoms with E-state index in [0.29, 0.717) is 0 Å². The van der Waals surface area contributed by atoms with Crippen LogP contribution in [0.2, 0.25) is 0 Å². The Labute approximate surface area is 134 Å². The molecule has 2 aromatic rings. The van der Waals surface area contributed by atoms with Crippen molar-refractivity contribution in [3.8, 4) is 11.1 Å². The molecule has 0 fully saturated rings. The minimum atomic E-state index is -0.531. The minimum absolute atomic E-state index is 0.0569. The number of Topliss-reactive ketones (excluding diaryl/α,β-unsaturated/α-hetero) is 1. The van der Waals surface area contributed by atoms with Gasteiger partial charge in [0.05, 0.1) is 4.32 Å². The van der Waals surface area contributed by atoms with Crippen LogP contribution in [0.15, 0.2) is 42.5 Å². The average Bonchev–Trinajstić information content (AvgIpc) is 2.66. The van der Waals surface area contributed by atoms with Crippen molar-refractivity contribution in [1.82, 2.24) is 0 Å². The third-order valence-corrected chi connectivity index (χ3v) is 4.75. The molecular formula is C19H19BrO. The van der Waals surface area contributed by atoms with E-state index in [1.807, 2.05) is 19.9 Å². The number of hydrogen-bond acceptors (Lipinski definition) is 1. The number of alkyl halides is 1. The highest BCUT2D eigenvalue weighted by Gasteiger charge is 2.36. The van der Waals surface area contributed by atoms with Crippen molar-refractivity contribution in [1.29, 1.82) is 0 Å². The first-order valence-electron chi connectivity index (χ1n) is 7.21. The van der Waals surface area contributed by atoms with E-state index in [9.17, 15) is 4.79 Å². The van der Waals surface area contributed by atoms with Crippen molar-refractivity contribution < 1.29 is 4.79 Å². The molecule has 2 heteroatoms. The summed E-state index contributed by atoms with van der Waals surface area (Å²) in [6, 6.07) is 14.6. The highest BCUT2D eigenvalue weighted by molar-refractivity contribution is 9.10. The molecule has 0 aliphatic heterocycles. The number of ketones is 1. The standard InChI is InChI=1S/C19H19BrO/c1-18(2)15-8-6-5-7-13(15)14-10-9-12(11-16(14)18)17(21)19(3,4)20/h5-11H,1-4H3. The largest absolute Gasteiger partial charge is 0.293 e. The minimum Gasteiger partial charge on any atom is -0.293 e. The Hall–Kier alpha value is -1.41. The van der Waals surface area contributed by atoms with Gasteiger partial charge in [0.1, 0.15) is 0 Å². The fraction of sp³-hybridized carbons (Fsp3) is 0.316. The summed E-state index contributed by atoms with van der Waals surface area (Å²) in [6.07, 6.45) is 0. The van der Waals surface area contributed by atoms with Gasteiger partial charge in [-0.1, -0.05) is 66.2 Å². The van der Waals surface area contributed by atoms with Crippen molar-refractivity contribution in [2.24, 2.45) is 0 Å². The smallest absolute Gasteiger partial charge is 0.178 e. The summed E-state index contributed by atoms with van der Waals surface area (Å²) in [6.45, 7) is 8.24. The quantitative estimate of drug-likeness (QED) is 0.531. The zero-order valence-corrected chi connectivity index (χ0v) is 14.4. The third kappa shape index (κ3) is 2.17. The van der Waals surface area contributed by atoms with Gasteiger partial charge in [-0.15, -0.1) is 0 Å². The summed E-state index contributed by atoms with van der Waals surface area (Å²) in [4.78, 5) is 12.5. The molecule has 1 aliphatic carbocycles. The number of rotatable bonds is 2. The van der Waals surface area contributed by atoms with Crippen LogP contribution in [0.25, 0.3) is 11.1 Å². The fourth-order valence-electron chi connectivity index (χ4n) is 3.19. The molecule has 0 saturated carbocycles. The average molecular weight is 343 g/mol. The Morgan fingerprint density at radius 2 is 1.62 bits per heavy atom. The second-order valence-corrected chi connectivity index (χ2v) is 8.72. The molecule has 1 aliphatic rings. The van der Waals surface area contributed by atoms with E-state index in [0.717, 1.165) is 5.56 Å². The second-order valence-electron chi connectivity index (χ2n) is 6.73. The Balaban J connectivity index is 2.19. The van der Waals surface area contributed by atoms with Gasteiger partial charge in [0.15, 0.2) is 5.78 Å². The maximum Gasteiger partial charge on any atom is 0.178 e. The molecule has 0 bridgehead atoms. The zero-order chi connectivity index (χ0) is 15.4. The van der Waals surface area contributed by atoms with Crippen LogP contribution in [0, 0.1) is 0 Å². The molecule has 0 heterocycles. The van der Waals surface area contributed by atoms with Crippen LogP contribution in [-0.4, -0.2) is 10.1 Å². The third-order valence-electron chi connectivity index (χ3n) is 4.39. The van der Waals surface area contributed by atoms with Crippen LogP contribution >= 0.6 is 15.9 Å². The van der Waals surface area contributed by atoms with Gasteiger partial charge >= 0.3 is 0 Å². The van der Waals surface area contributed by atoms with E-state index in [1.165, 1.54) is 22.3 Å². The first kappa shape index (κ1) is 14.5. The summed E-state index contributed by atoms with van der Waals surface area (Å²) in [5.41, 5.74) is 5.83. The number of hydrogen-bond donors (Lipinski definition) is 0. The monoisotopic (exact) mass is 342 g/mol. The molecule has 21 heavy (non-hydrogen) atoms. The molecule has 0 aromatic heterocycles. The van der Waals surface area contributed by atoms with Crippen molar-refractivity contribution in [3.63, 3.8) is 0 Å². The number of fused-ring (bicyclic) bond motifs is 3. The van der Waals surface area contributed by atoms with Crippen LogP contribution in [0.3, 0.4) is 0 Å². The Morgan fingerprint density at radius 1 is 1.00 bits per heavy atom. The molecule has 1 nitrogen and oxygen atoms in total. The van der Waals surface area contributed by atoms with E-state index in [4.69, 9.17) is 0 Å². The van der Waals surface area contributed by atoms with Gasteiger partial charge in [-0.05, 0) is 42.2 Å². The lowest BCUT2D eigenvalue weighted by Crippen LogP contribution is -2.24. The lowest BCUT2D eigenvalue weighted by molar-refractivity contribution is 0.0961. The summed E-state index contributed by atoms with van der Waals surface area (Å²) >= 11 is 3.47. The molecule has 0 amide bonds. The van der Waals surface area contributed by atoms with E-state index in [2.05, 4.69) is 66.2 Å². The first-order valence-corrected chi connectivity index (χ1v) is 8.00. The maximum atomic E-state index is 12.5. The van der Waals surface area contributed by atoms with Crippen molar-refractivity contribution in [2.75, 3.05) is 0 Å². The summed E-state index contributed by atoms with van der Waals surface area (Å²) < 4.78 is -0.531. The second kappa shape index (κ2) is 4.54. The lowest BCUT2D eigenvalue weighted by atomic mass is 9.81. The first-order chi connectivity index (χ1) is 9.73. The van der Waals surface area contributed by atoms with Gasteiger partial charge in [-0.2, -0.15) is 0 Å². The van der Waals surface area contributed by atoms with Crippen molar-refractivity contribution >= 4 is 21.7 Å². The molecule has 0 unspecified atom stereocenters. The number of benzene rings is 2. The van der Waals surface area contributed by atoms with Gasteiger partial charge in [0.2, 0.25) is 0 Å². The van der Waals surface area contributed by atoms with Crippen molar-refractivity contribution in [2.45, 2.75) is 37.4 Å². The van der Waals surface area contributed by atoms with Crippen LogP contribution in [0.4, 0.5) is 0 Å². The number of carbonyl (C=O) groups excluding carboxylic acids is 1. The highest BCUT2D eigenvalue weighted by atomic mass is 79.9. The van der Waals surface area contributed by atoms with Crippen LogP contribution in [0.1, 0.15) is 49.2 Å². The molecule has 108 valence electrons. The van der Waals surface area contributed by atoms with Crippen LogP contribution < -0.4 is 0 Å². The van der Waals surface area contributed by atoms with E-state index >= 15 is 0 Å². The molecule has 0 N–H and O–H groups in total. The zero-order valence-electron chi connectivity index (χ0n) is 12.8. The number of halogens is 1. The van der Waals surface area contributed by atoms with Crippen LogP contribution in [0.5, 0.6) is 0 Å². The van der Waals surface area contributed by atoms with Crippen molar-refractivity contribution in [3.05, 3.63) is 59.2 Å². The van der Waals surface area contributed by atoms with Crippen LogP contribution in [-0.2, 0) is 5.41 Å². The van der Waals surface area contributed by atoms with E-state index in [-0.39, 0.29) is 11.2 Å². The van der Waals surface area contributed by atoms with Gasteiger partial charge in [-0.25, -0.2) is 0 Å². The normalized spacial score (nSPS) is 15.5. The summed E-state index contributed by atoms with van der Waals surface area (Å²) in [5, 5.41) is 0. The SMILES string of the molecule is CC(C)(Br)C(=O)c1ccc2c(c1)C(C)(C)c1ccccc1-2. The predicted molar refractivity (Wildman–Crippen MR) is 91.3 cm³/mol. The summed E-state index contributed by atoms with van der Waals surface area (Å²) in [7, 11) is 0. The van der Waals surface area contributed by atoms with Gasteiger partial charge in [0.25, 0.3) is 0 Å². The molecule has 0 radical (unpaired) electrons. The molecule has 3 rings (SSSR count). The molecular weight excluding hydrogens is 324 g/mol. The Bertz CT molecular complexity index is 735. The fourth-order valence-corrected chi connectivity index (χ4v) is 3.42. The number of carbonyl (C=O) groups is 1. The molecule has 0 saturated heterocycles. The van der Waals surface area contributed by atoms with E-state index < -0.39 is 4.32 Å². The Kier molecular flexibility index (Phi) is 3.14. The lowest BCUT2D eigenvalue weighted by Gasteiger charge is -2.22.